The minimum absolute atomic E-state index is 0.0913. The molecule has 0 N–H and O–H groups in total. The van der Waals surface area contributed by atoms with Gasteiger partial charge >= 0.3 is 0 Å². The van der Waals surface area contributed by atoms with Crippen LogP contribution in [0.3, 0.4) is 0 Å². The smallest absolute Gasteiger partial charge is 0.142 e. The van der Waals surface area contributed by atoms with Gasteiger partial charge in [-0.05, 0) is 29.2 Å². The monoisotopic (exact) mass is 340 g/mol. The van der Waals surface area contributed by atoms with Crippen molar-refractivity contribution in [2.24, 2.45) is 0 Å². The van der Waals surface area contributed by atoms with Gasteiger partial charge in [-0.15, -0.1) is 0 Å². The predicted molar refractivity (Wildman–Crippen MR) is 82.6 cm³/mol. The van der Waals surface area contributed by atoms with Crippen LogP contribution >= 0.6 is 27.5 Å². The summed E-state index contributed by atoms with van der Waals surface area (Å²) in [5.41, 5.74) is 3.15. The molecule has 0 aliphatic heterocycles. The molecule has 1 atom stereocenters. The lowest BCUT2D eigenvalue weighted by Gasteiger charge is -2.13. The van der Waals surface area contributed by atoms with Gasteiger partial charge in [0.15, 0.2) is 0 Å². The van der Waals surface area contributed by atoms with Crippen molar-refractivity contribution in [2.45, 2.75) is 24.6 Å². The first-order valence-electron chi connectivity index (χ1n) is 6.30. The van der Waals surface area contributed by atoms with Gasteiger partial charge in [0.2, 0.25) is 0 Å². The van der Waals surface area contributed by atoms with E-state index in [1.165, 1.54) is 11.6 Å². The molecular formula is C16H15BrClF. The highest BCUT2D eigenvalue weighted by molar-refractivity contribution is 9.09. The van der Waals surface area contributed by atoms with E-state index in [1.807, 2.05) is 6.07 Å². The van der Waals surface area contributed by atoms with E-state index in [0.29, 0.717) is 0 Å². The number of alkyl halides is 1. The van der Waals surface area contributed by atoms with Crippen molar-refractivity contribution >= 4 is 27.5 Å². The summed E-state index contributed by atoms with van der Waals surface area (Å²) in [5.74, 6) is -0.383. The molecule has 0 saturated heterocycles. The fraction of sp³-hybridized carbons (Fsp3) is 0.250. The summed E-state index contributed by atoms with van der Waals surface area (Å²) in [7, 11) is 0. The van der Waals surface area contributed by atoms with Crippen LogP contribution in [0.4, 0.5) is 4.39 Å². The second-order valence-corrected chi connectivity index (χ2v) is 5.79. The molecule has 19 heavy (non-hydrogen) atoms. The van der Waals surface area contributed by atoms with Crippen LogP contribution in [0.25, 0.3) is 0 Å². The lowest BCUT2D eigenvalue weighted by molar-refractivity contribution is 0.626. The lowest BCUT2D eigenvalue weighted by atomic mass is 10.0. The largest absolute Gasteiger partial charge is 0.205 e. The maximum atomic E-state index is 13.5. The van der Waals surface area contributed by atoms with Gasteiger partial charge in [-0.1, -0.05) is 77.3 Å². The van der Waals surface area contributed by atoms with Crippen LogP contribution < -0.4 is 0 Å². The van der Waals surface area contributed by atoms with Gasteiger partial charge in [-0.3, -0.25) is 0 Å². The molecule has 0 aliphatic carbocycles. The molecule has 0 aromatic heterocycles. The highest BCUT2D eigenvalue weighted by atomic mass is 79.9. The molecule has 0 nitrogen and oxygen atoms in total. The standard InChI is InChI=1S/C16H15BrClF/c1-2-4-11-7-9-12(10-8-11)15(17)13-5-3-6-14(19)16(13)18/h3,5-10,15H,2,4H2,1H3. The van der Waals surface area contributed by atoms with Crippen molar-refractivity contribution in [1.29, 1.82) is 0 Å². The Labute approximate surface area is 126 Å². The van der Waals surface area contributed by atoms with E-state index in [9.17, 15) is 4.39 Å². The molecule has 2 rings (SSSR count). The van der Waals surface area contributed by atoms with E-state index in [1.54, 1.807) is 6.07 Å². The molecule has 0 amide bonds. The zero-order valence-corrected chi connectivity index (χ0v) is 13.0. The summed E-state index contributed by atoms with van der Waals surface area (Å²) in [4.78, 5) is -0.0913. The summed E-state index contributed by atoms with van der Waals surface area (Å²) in [6.07, 6.45) is 2.21. The molecule has 0 bridgehead atoms. The van der Waals surface area contributed by atoms with E-state index in [-0.39, 0.29) is 15.7 Å². The van der Waals surface area contributed by atoms with Crippen LogP contribution in [0.5, 0.6) is 0 Å². The molecule has 1 unspecified atom stereocenters. The lowest BCUT2D eigenvalue weighted by Crippen LogP contribution is -1.96. The van der Waals surface area contributed by atoms with Crippen LogP contribution in [0.2, 0.25) is 5.02 Å². The molecule has 0 fully saturated rings. The zero-order chi connectivity index (χ0) is 13.8. The minimum Gasteiger partial charge on any atom is -0.205 e. The molecule has 2 aromatic carbocycles. The molecular weight excluding hydrogens is 327 g/mol. The number of halogens is 3. The first-order valence-corrected chi connectivity index (χ1v) is 7.59. The molecule has 0 radical (unpaired) electrons. The highest BCUT2D eigenvalue weighted by Gasteiger charge is 2.15. The first kappa shape index (κ1) is 14.5. The van der Waals surface area contributed by atoms with E-state index in [0.717, 1.165) is 24.0 Å². The maximum absolute atomic E-state index is 13.5. The van der Waals surface area contributed by atoms with Crippen molar-refractivity contribution < 1.29 is 4.39 Å². The SMILES string of the molecule is CCCc1ccc(C(Br)c2cccc(F)c2Cl)cc1. The van der Waals surface area contributed by atoms with Crippen LogP contribution in [0.1, 0.15) is 34.9 Å². The van der Waals surface area contributed by atoms with Gasteiger partial charge in [0.25, 0.3) is 0 Å². The topological polar surface area (TPSA) is 0 Å². The second kappa shape index (κ2) is 6.53. The van der Waals surface area contributed by atoms with Crippen molar-refractivity contribution in [2.75, 3.05) is 0 Å². The van der Waals surface area contributed by atoms with Crippen LogP contribution in [-0.4, -0.2) is 0 Å². The Balaban J connectivity index is 2.28. The molecule has 0 spiro atoms. The summed E-state index contributed by atoms with van der Waals surface area (Å²) in [5, 5.41) is 0.182. The van der Waals surface area contributed by atoms with Crippen LogP contribution in [-0.2, 0) is 6.42 Å². The average molecular weight is 342 g/mol. The third-order valence-electron chi connectivity index (χ3n) is 3.07. The Morgan fingerprint density at radius 1 is 1.16 bits per heavy atom. The highest BCUT2D eigenvalue weighted by Crippen LogP contribution is 2.36. The fourth-order valence-corrected chi connectivity index (χ4v) is 3.09. The van der Waals surface area contributed by atoms with Crippen molar-refractivity contribution in [3.05, 3.63) is 70.0 Å². The maximum Gasteiger partial charge on any atom is 0.142 e. The zero-order valence-electron chi connectivity index (χ0n) is 10.7. The summed E-state index contributed by atoms with van der Waals surface area (Å²) in [6.45, 7) is 2.16. The fourth-order valence-electron chi connectivity index (χ4n) is 2.04. The number of hydrogen-bond acceptors (Lipinski definition) is 0. The molecule has 100 valence electrons. The minimum atomic E-state index is -0.383. The second-order valence-electron chi connectivity index (χ2n) is 4.50. The quantitative estimate of drug-likeness (QED) is 0.606. The molecule has 2 aromatic rings. The van der Waals surface area contributed by atoms with Crippen molar-refractivity contribution in [3.63, 3.8) is 0 Å². The van der Waals surface area contributed by atoms with E-state index >= 15 is 0 Å². The van der Waals surface area contributed by atoms with Crippen molar-refractivity contribution in [3.8, 4) is 0 Å². The number of benzene rings is 2. The molecule has 0 saturated carbocycles. The van der Waals surface area contributed by atoms with Gasteiger partial charge in [0.1, 0.15) is 5.82 Å². The Kier molecular flexibility index (Phi) is 5.00. The number of hydrogen-bond donors (Lipinski definition) is 0. The number of rotatable bonds is 4. The molecule has 3 heteroatoms. The van der Waals surface area contributed by atoms with Gasteiger partial charge in [0.05, 0.1) is 9.85 Å². The Hall–Kier alpha value is -0.860. The van der Waals surface area contributed by atoms with Gasteiger partial charge in [-0.2, -0.15) is 0 Å². The Morgan fingerprint density at radius 3 is 2.47 bits per heavy atom. The van der Waals surface area contributed by atoms with Gasteiger partial charge in [-0.25, -0.2) is 4.39 Å². The van der Waals surface area contributed by atoms with E-state index in [4.69, 9.17) is 11.6 Å². The normalized spacial score (nSPS) is 12.4. The Morgan fingerprint density at radius 2 is 1.84 bits per heavy atom. The summed E-state index contributed by atoms with van der Waals surface area (Å²) in [6, 6.07) is 13.2. The first-order chi connectivity index (χ1) is 9.13. The third-order valence-corrected chi connectivity index (χ3v) is 4.49. The summed E-state index contributed by atoms with van der Waals surface area (Å²) >= 11 is 9.61. The van der Waals surface area contributed by atoms with Crippen molar-refractivity contribution in [1.82, 2.24) is 0 Å². The predicted octanol–water partition coefficient (Wildman–Crippen LogP) is 5.92. The summed E-state index contributed by atoms with van der Waals surface area (Å²) < 4.78 is 13.5. The molecule has 0 heterocycles. The van der Waals surface area contributed by atoms with Gasteiger partial charge in [0, 0.05) is 0 Å². The van der Waals surface area contributed by atoms with E-state index < -0.39 is 0 Å². The molecule has 0 aliphatic rings. The third kappa shape index (κ3) is 3.37. The van der Waals surface area contributed by atoms with Crippen LogP contribution in [0.15, 0.2) is 42.5 Å². The average Bonchev–Trinajstić information content (AvgIpc) is 2.42. The van der Waals surface area contributed by atoms with E-state index in [2.05, 4.69) is 47.1 Å². The van der Waals surface area contributed by atoms with Crippen LogP contribution in [0, 0.1) is 5.82 Å². The Bertz CT molecular complexity index is 551. The van der Waals surface area contributed by atoms with Gasteiger partial charge < -0.3 is 0 Å². The number of aryl methyl sites for hydroxylation is 1.